The number of amides is 1. The van der Waals surface area contributed by atoms with Gasteiger partial charge in [0.1, 0.15) is 10.7 Å². The lowest BCUT2D eigenvalue weighted by Gasteiger charge is -2.25. The van der Waals surface area contributed by atoms with E-state index in [1.807, 2.05) is 11.4 Å². The molecule has 4 aromatic rings. The maximum absolute atomic E-state index is 12.5. The fourth-order valence-corrected chi connectivity index (χ4v) is 5.70. The molecule has 1 amide bonds. The minimum atomic E-state index is -0.0643. The van der Waals surface area contributed by atoms with Gasteiger partial charge in [-0.3, -0.25) is 9.69 Å². The number of hydrogen-bond donors (Lipinski definition) is 1. The third kappa shape index (κ3) is 6.06. The molecule has 7 heteroatoms. The molecule has 1 fully saturated rings. The van der Waals surface area contributed by atoms with Gasteiger partial charge in [-0.2, -0.15) is 0 Å². The van der Waals surface area contributed by atoms with Crippen LogP contribution in [-0.2, 0) is 13.1 Å². The van der Waals surface area contributed by atoms with Crippen LogP contribution in [0.25, 0.3) is 0 Å². The van der Waals surface area contributed by atoms with Crippen LogP contribution in [0.3, 0.4) is 0 Å². The Hall–Kier alpha value is -3.68. The van der Waals surface area contributed by atoms with Crippen LogP contribution < -0.4 is 14.8 Å². The summed E-state index contributed by atoms with van der Waals surface area (Å²) in [4.78, 5) is 19.6. The lowest BCUT2D eigenvalue weighted by molar-refractivity contribution is 0.0946. The van der Waals surface area contributed by atoms with E-state index >= 15 is 0 Å². The number of nitrogens with zero attached hydrogens (tertiary/aromatic N) is 2. The van der Waals surface area contributed by atoms with Gasteiger partial charge in [-0.25, -0.2) is 4.98 Å². The molecule has 38 heavy (non-hydrogen) atoms. The van der Waals surface area contributed by atoms with Crippen LogP contribution in [0.1, 0.15) is 57.4 Å². The van der Waals surface area contributed by atoms with Gasteiger partial charge in [0, 0.05) is 23.9 Å². The zero-order chi connectivity index (χ0) is 25.7. The van der Waals surface area contributed by atoms with Gasteiger partial charge in [0.2, 0.25) is 6.79 Å². The zero-order valence-electron chi connectivity index (χ0n) is 21.2. The molecule has 0 bridgehead atoms. The van der Waals surface area contributed by atoms with Crippen molar-refractivity contribution >= 4 is 17.2 Å². The second kappa shape index (κ2) is 11.4. The Labute approximate surface area is 227 Å². The highest BCUT2D eigenvalue weighted by Crippen LogP contribution is 2.34. The van der Waals surface area contributed by atoms with Crippen molar-refractivity contribution in [2.45, 2.75) is 44.3 Å². The molecule has 1 N–H and O–H groups in total. The molecule has 1 saturated carbocycles. The lowest BCUT2D eigenvalue weighted by atomic mass is 9.88. The van der Waals surface area contributed by atoms with E-state index in [2.05, 4.69) is 83.0 Å². The third-order valence-electron chi connectivity index (χ3n) is 7.04. The first-order chi connectivity index (χ1) is 18.7. The Balaban J connectivity index is 1.21. The molecule has 2 heterocycles. The van der Waals surface area contributed by atoms with Crippen LogP contribution in [0.5, 0.6) is 11.5 Å². The summed E-state index contributed by atoms with van der Waals surface area (Å²) in [5, 5.41) is 5.87. The van der Waals surface area contributed by atoms with Crippen molar-refractivity contribution in [1.82, 2.24) is 15.2 Å². The van der Waals surface area contributed by atoms with Crippen LogP contribution in [0.4, 0.5) is 0 Å². The first-order valence-corrected chi connectivity index (χ1v) is 14.1. The van der Waals surface area contributed by atoms with E-state index < -0.39 is 0 Å². The highest BCUT2D eigenvalue weighted by atomic mass is 32.1. The molecule has 3 aromatic carbocycles. The summed E-state index contributed by atoms with van der Waals surface area (Å²) in [5.74, 6) is 1.81. The van der Waals surface area contributed by atoms with Gasteiger partial charge in [0.15, 0.2) is 11.5 Å². The van der Waals surface area contributed by atoms with Crippen LogP contribution >= 0.6 is 11.3 Å². The molecule has 2 aliphatic rings. The molecular formula is C31H31N3O3S. The average Bonchev–Trinajstić information content (AvgIpc) is 3.43. The molecule has 6 rings (SSSR count). The predicted molar refractivity (Wildman–Crippen MR) is 149 cm³/mol. The fraction of sp³-hybridized carbons (Fsp3) is 0.290. The number of ether oxygens (including phenoxy) is 2. The highest BCUT2D eigenvalue weighted by Gasteiger charge is 2.25. The quantitative estimate of drug-likeness (QED) is 0.261. The molecule has 0 radical (unpaired) electrons. The third-order valence-corrected chi connectivity index (χ3v) is 7.87. The van der Waals surface area contributed by atoms with Crippen LogP contribution in [0.2, 0.25) is 0 Å². The first kappa shape index (κ1) is 24.6. The minimum Gasteiger partial charge on any atom is -0.454 e. The Morgan fingerprint density at radius 3 is 2.37 bits per heavy atom. The number of carbonyl (C=O) groups excluding carboxylic acids is 1. The lowest BCUT2D eigenvalue weighted by Crippen LogP contribution is -2.27. The van der Waals surface area contributed by atoms with Crippen molar-refractivity contribution in [3.05, 3.63) is 112 Å². The molecule has 0 unspecified atom stereocenters. The van der Waals surface area contributed by atoms with Crippen molar-refractivity contribution in [1.29, 1.82) is 0 Å². The molecule has 1 aliphatic carbocycles. The number of carbonyl (C=O) groups is 1. The monoisotopic (exact) mass is 525 g/mol. The number of hydrogen-bond acceptors (Lipinski definition) is 6. The van der Waals surface area contributed by atoms with E-state index in [1.165, 1.54) is 11.1 Å². The number of aromatic nitrogens is 1. The normalized spacial score (nSPS) is 14.3. The summed E-state index contributed by atoms with van der Waals surface area (Å²) in [6.45, 7) is 2.55. The summed E-state index contributed by atoms with van der Waals surface area (Å²) in [7, 11) is 0. The number of benzene rings is 3. The minimum absolute atomic E-state index is 0.0643. The van der Waals surface area contributed by atoms with Crippen LogP contribution in [0.15, 0.2) is 84.2 Å². The highest BCUT2D eigenvalue weighted by molar-refractivity contribution is 7.09. The van der Waals surface area contributed by atoms with Gasteiger partial charge in [0.25, 0.3) is 5.91 Å². The molecule has 0 saturated heterocycles. The van der Waals surface area contributed by atoms with Gasteiger partial charge in [-0.15, -0.1) is 11.3 Å². The van der Waals surface area contributed by atoms with Gasteiger partial charge in [-0.1, -0.05) is 66.7 Å². The smallest absolute Gasteiger partial charge is 0.270 e. The second-order valence-corrected chi connectivity index (χ2v) is 10.9. The molecule has 194 valence electrons. The number of thiazole rings is 1. The Morgan fingerprint density at radius 2 is 1.66 bits per heavy atom. The molecular weight excluding hydrogens is 494 g/mol. The Morgan fingerprint density at radius 1 is 0.947 bits per heavy atom. The molecule has 1 aliphatic heterocycles. The molecule has 0 spiro atoms. The maximum atomic E-state index is 12.5. The largest absolute Gasteiger partial charge is 0.454 e. The topological polar surface area (TPSA) is 63.7 Å². The van der Waals surface area contributed by atoms with Gasteiger partial charge >= 0.3 is 0 Å². The van der Waals surface area contributed by atoms with E-state index in [0.717, 1.165) is 54.4 Å². The van der Waals surface area contributed by atoms with Crippen LogP contribution in [0, 0.1) is 0 Å². The van der Waals surface area contributed by atoms with Crippen molar-refractivity contribution in [3.63, 3.8) is 0 Å². The molecule has 1 aromatic heterocycles. The Kier molecular flexibility index (Phi) is 7.38. The summed E-state index contributed by atoms with van der Waals surface area (Å²) in [6, 6.07) is 27.9. The number of fused-ring (bicyclic) bond motifs is 1. The molecule has 0 atom stereocenters. The predicted octanol–water partition coefficient (Wildman–Crippen LogP) is 5.99. The summed E-state index contributed by atoms with van der Waals surface area (Å²) in [6.07, 6.45) is 3.09. The Bertz CT molecular complexity index is 1330. The zero-order valence-corrected chi connectivity index (χ0v) is 22.0. The van der Waals surface area contributed by atoms with Crippen molar-refractivity contribution < 1.29 is 14.3 Å². The fourth-order valence-electron chi connectivity index (χ4n) is 4.89. The van der Waals surface area contributed by atoms with E-state index in [1.54, 1.807) is 11.3 Å². The van der Waals surface area contributed by atoms with E-state index in [4.69, 9.17) is 14.5 Å². The average molecular weight is 526 g/mol. The summed E-state index contributed by atoms with van der Waals surface area (Å²) in [5.41, 5.74) is 4.31. The molecule has 6 nitrogen and oxygen atoms in total. The van der Waals surface area contributed by atoms with Crippen LogP contribution in [-0.4, -0.2) is 35.2 Å². The van der Waals surface area contributed by atoms with Gasteiger partial charge in [0.05, 0.1) is 6.54 Å². The number of rotatable bonds is 11. The number of nitrogens with one attached hydrogen (secondary N) is 1. The van der Waals surface area contributed by atoms with E-state index in [0.29, 0.717) is 18.3 Å². The van der Waals surface area contributed by atoms with E-state index in [-0.39, 0.29) is 18.6 Å². The van der Waals surface area contributed by atoms with Gasteiger partial charge < -0.3 is 14.8 Å². The first-order valence-electron chi connectivity index (χ1n) is 13.2. The SMILES string of the molecule is O=C(NC1CC1)c1csc(CN(CCC(c2ccccc2)c2ccccc2)Cc2ccc3c(c2)OCO3)n1. The summed E-state index contributed by atoms with van der Waals surface area (Å²) < 4.78 is 11.1. The summed E-state index contributed by atoms with van der Waals surface area (Å²) >= 11 is 1.55. The second-order valence-electron chi connectivity index (χ2n) is 9.94. The maximum Gasteiger partial charge on any atom is 0.270 e. The standard InChI is InChI=1S/C31H31N3O3S/c35-31(32-25-12-13-25)27-20-38-30(33-27)19-34(18-22-11-14-28-29(17-22)37-21-36-28)16-15-26(23-7-3-1-4-8-23)24-9-5-2-6-10-24/h1-11,14,17,20,25-26H,12-13,15-16,18-19,21H2,(H,32,35). The van der Waals surface area contributed by atoms with Gasteiger partial charge in [-0.05, 0) is 54.6 Å². The van der Waals surface area contributed by atoms with E-state index in [9.17, 15) is 4.79 Å². The van der Waals surface area contributed by atoms with Crippen molar-refractivity contribution in [3.8, 4) is 11.5 Å². The van der Waals surface area contributed by atoms with Crippen molar-refractivity contribution in [2.24, 2.45) is 0 Å². The van der Waals surface area contributed by atoms with Crippen molar-refractivity contribution in [2.75, 3.05) is 13.3 Å².